The van der Waals surface area contributed by atoms with Crippen molar-refractivity contribution in [1.29, 1.82) is 0 Å². The Balaban J connectivity index is 2.17. The van der Waals surface area contributed by atoms with Crippen molar-refractivity contribution in [3.63, 3.8) is 0 Å². The third-order valence-electron chi connectivity index (χ3n) is 1.80. The summed E-state index contributed by atoms with van der Waals surface area (Å²) in [6, 6.07) is 3.76. The average molecular weight is 179 g/mol. The first-order valence-corrected chi connectivity index (χ1v) is 3.91. The molecule has 1 aliphatic rings. The van der Waals surface area contributed by atoms with Gasteiger partial charge in [-0.2, -0.15) is 0 Å². The molecule has 2 heterocycles. The molecule has 2 rings (SSSR count). The largest absolute Gasteiger partial charge is 0.427 e. The summed E-state index contributed by atoms with van der Waals surface area (Å²) < 4.78 is 0. The number of nitrogens with zero attached hydrogens (tertiary/aromatic N) is 1. The lowest BCUT2D eigenvalue weighted by atomic mass is 10.2. The van der Waals surface area contributed by atoms with Gasteiger partial charge in [0.05, 0.1) is 0 Å². The van der Waals surface area contributed by atoms with Gasteiger partial charge < -0.3 is 4.84 Å². The number of hydroxylamine groups is 1. The fourth-order valence-electron chi connectivity index (χ4n) is 1.09. The molecule has 0 saturated carbocycles. The Morgan fingerprint density at radius 3 is 2.92 bits per heavy atom. The minimum Gasteiger partial charge on any atom is -0.351 e. The number of carbonyl (C=O) groups excluding carboxylic acids is 1. The van der Waals surface area contributed by atoms with Gasteiger partial charge in [-0.25, -0.2) is 4.79 Å². The second-order valence-corrected chi connectivity index (χ2v) is 2.82. The molecule has 1 atom stereocenters. The molecule has 1 aromatic heterocycles. The van der Waals surface area contributed by atoms with E-state index in [0.29, 0.717) is 0 Å². The standard InChI is InChI=1S/C8H9N3O2/c1-5-2-3-6(4-9-5)7-10-8(12)13-11-7/h2-4,7,11H,1H3,(H,10,12). The van der Waals surface area contributed by atoms with Gasteiger partial charge >= 0.3 is 6.09 Å². The molecule has 1 aromatic rings. The van der Waals surface area contributed by atoms with Crippen LogP contribution in [0.2, 0.25) is 0 Å². The van der Waals surface area contributed by atoms with Crippen LogP contribution in [0.1, 0.15) is 17.4 Å². The molecule has 1 amide bonds. The van der Waals surface area contributed by atoms with Crippen LogP contribution < -0.4 is 10.8 Å². The first-order chi connectivity index (χ1) is 6.25. The van der Waals surface area contributed by atoms with E-state index in [1.807, 2.05) is 19.1 Å². The number of aryl methyl sites for hydroxylation is 1. The van der Waals surface area contributed by atoms with Crippen molar-refractivity contribution in [2.24, 2.45) is 0 Å². The van der Waals surface area contributed by atoms with Crippen LogP contribution in [0.3, 0.4) is 0 Å². The van der Waals surface area contributed by atoms with Crippen LogP contribution >= 0.6 is 0 Å². The molecule has 0 radical (unpaired) electrons. The lowest BCUT2D eigenvalue weighted by Gasteiger charge is -2.06. The van der Waals surface area contributed by atoms with Gasteiger partial charge in [0.2, 0.25) is 0 Å². The highest BCUT2D eigenvalue weighted by Crippen LogP contribution is 2.12. The van der Waals surface area contributed by atoms with Crippen LogP contribution in [0.5, 0.6) is 0 Å². The van der Waals surface area contributed by atoms with Gasteiger partial charge in [0.15, 0.2) is 0 Å². The van der Waals surface area contributed by atoms with E-state index in [1.165, 1.54) is 0 Å². The molecule has 0 aliphatic carbocycles. The molecule has 0 bridgehead atoms. The SMILES string of the molecule is Cc1ccc(C2NOC(=O)N2)cn1. The molecule has 2 N–H and O–H groups in total. The second-order valence-electron chi connectivity index (χ2n) is 2.82. The average Bonchev–Trinajstić information content (AvgIpc) is 2.53. The molecule has 1 saturated heterocycles. The summed E-state index contributed by atoms with van der Waals surface area (Å²) in [6.45, 7) is 1.90. The fourth-order valence-corrected chi connectivity index (χ4v) is 1.09. The van der Waals surface area contributed by atoms with E-state index in [-0.39, 0.29) is 6.17 Å². The predicted molar refractivity (Wildman–Crippen MR) is 44.5 cm³/mol. The maximum atomic E-state index is 10.7. The quantitative estimate of drug-likeness (QED) is 0.663. The number of pyridine rings is 1. The first kappa shape index (κ1) is 8.00. The zero-order valence-electron chi connectivity index (χ0n) is 7.07. The molecule has 0 spiro atoms. The highest BCUT2D eigenvalue weighted by molar-refractivity contribution is 5.69. The van der Waals surface area contributed by atoms with E-state index in [0.717, 1.165) is 11.3 Å². The minimum atomic E-state index is -0.467. The highest BCUT2D eigenvalue weighted by Gasteiger charge is 2.23. The first-order valence-electron chi connectivity index (χ1n) is 3.91. The van der Waals surface area contributed by atoms with E-state index >= 15 is 0 Å². The van der Waals surface area contributed by atoms with Crippen LogP contribution in [-0.4, -0.2) is 11.1 Å². The summed E-state index contributed by atoms with van der Waals surface area (Å²) in [4.78, 5) is 19.3. The normalized spacial score (nSPS) is 21.0. The summed E-state index contributed by atoms with van der Waals surface area (Å²) in [5.41, 5.74) is 4.35. The molecule has 68 valence electrons. The van der Waals surface area contributed by atoms with Gasteiger partial charge in [-0.05, 0) is 13.0 Å². The lowest BCUT2D eigenvalue weighted by Crippen LogP contribution is -2.22. The van der Waals surface area contributed by atoms with Crippen LogP contribution in [0.4, 0.5) is 4.79 Å². The number of nitrogens with one attached hydrogen (secondary N) is 2. The minimum absolute atomic E-state index is 0.291. The van der Waals surface area contributed by atoms with E-state index in [4.69, 9.17) is 0 Å². The second kappa shape index (κ2) is 3.02. The van der Waals surface area contributed by atoms with Gasteiger partial charge in [0.1, 0.15) is 6.17 Å². The maximum absolute atomic E-state index is 10.7. The number of hydrogen-bond acceptors (Lipinski definition) is 4. The number of hydrogen-bond donors (Lipinski definition) is 2. The van der Waals surface area contributed by atoms with Crippen molar-refractivity contribution in [3.8, 4) is 0 Å². The monoisotopic (exact) mass is 179 g/mol. The topological polar surface area (TPSA) is 63.2 Å². The van der Waals surface area contributed by atoms with Crippen molar-refractivity contribution in [2.75, 3.05) is 0 Å². The summed E-state index contributed by atoms with van der Waals surface area (Å²) in [6.07, 6.45) is 0.938. The molecular formula is C8H9N3O2. The van der Waals surface area contributed by atoms with Gasteiger partial charge in [-0.1, -0.05) is 6.07 Å². The van der Waals surface area contributed by atoms with Gasteiger partial charge in [0.25, 0.3) is 0 Å². The Labute approximate surface area is 75.1 Å². The van der Waals surface area contributed by atoms with Crippen LogP contribution in [-0.2, 0) is 4.84 Å². The van der Waals surface area contributed by atoms with Gasteiger partial charge in [-0.15, -0.1) is 5.48 Å². The molecule has 1 unspecified atom stereocenters. The Hall–Kier alpha value is -1.62. The van der Waals surface area contributed by atoms with E-state index in [1.54, 1.807) is 6.20 Å². The number of amides is 1. The van der Waals surface area contributed by atoms with Crippen LogP contribution in [0.15, 0.2) is 18.3 Å². The Morgan fingerprint density at radius 2 is 2.38 bits per heavy atom. The van der Waals surface area contributed by atoms with Gasteiger partial charge in [-0.3, -0.25) is 10.3 Å². The Bertz CT molecular complexity index is 323. The molecular weight excluding hydrogens is 170 g/mol. The van der Waals surface area contributed by atoms with E-state index < -0.39 is 6.09 Å². The molecule has 1 fully saturated rings. The molecule has 13 heavy (non-hydrogen) atoms. The molecule has 0 aromatic carbocycles. The van der Waals surface area contributed by atoms with Crippen molar-refractivity contribution in [1.82, 2.24) is 15.8 Å². The smallest absolute Gasteiger partial charge is 0.351 e. The maximum Gasteiger partial charge on any atom is 0.427 e. The van der Waals surface area contributed by atoms with E-state index in [2.05, 4.69) is 20.6 Å². The predicted octanol–water partition coefficient (Wildman–Crippen LogP) is 0.633. The zero-order chi connectivity index (χ0) is 9.26. The number of carbonyl (C=O) groups is 1. The van der Waals surface area contributed by atoms with Crippen molar-refractivity contribution in [3.05, 3.63) is 29.6 Å². The summed E-state index contributed by atoms with van der Waals surface area (Å²) >= 11 is 0. The number of aromatic nitrogens is 1. The lowest BCUT2D eigenvalue weighted by molar-refractivity contribution is 0.121. The molecule has 5 nitrogen and oxygen atoms in total. The third-order valence-corrected chi connectivity index (χ3v) is 1.80. The van der Waals surface area contributed by atoms with Crippen molar-refractivity contribution < 1.29 is 9.63 Å². The molecule has 1 aliphatic heterocycles. The van der Waals surface area contributed by atoms with Crippen molar-refractivity contribution >= 4 is 6.09 Å². The summed E-state index contributed by atoms with van der Waals surface area (Å²) in [5.74, 6) is 0. The van der Waals surface area contributed by atoms with Gasteiger partial charge in [0, 0.05) is 17.5 Å². The fraction of sp³-hybridized carbons (Fsp3) is 0.250. The summed E-state index contributed by atoms with van der Waals surface area (Å²) in [5, 5.41) is 2.58. The Kier molecular flexibility index (Phi) is 1.86. The van der Waals surface area contributed by atoms with E-state index in [9.17, 15) is 4.79 Å². The zero-order valence-corrected chi connectivity index (χ0v) is 7.07. The third kappa shape index (κ3) is 1.59. The van der Waals surface area contributed by atoms with Crippen LogP contribution in [0.25, 0.3) is 0 Å². The number of rotatable bonds is 1. The molecule has 5 heteroatoms. The van der Waals surface area contributed by atoms with Crippen molar-refractivity contribution in [2.45, 2.75) is 13.1 Å². The summed E-state index contributed by atoms with van der Waals surface area (Å²) in [7, 11) is 0. The van der Waals surface area contributed by atoms with Crippen LogP contribution in [0, 0.1) is 6.92 Å². The Morgan fingerprint density at radius 1 is 1.54 bits per heavy atom. The highest BCUT2D eigenvalue weighted by atomic mass is 16.7.